The maximum atomic E-state index is 13.5. The summed E-state index contributed by atoms with van der Waals surface area (Å²) < 4.78 is 33.1. The minimum absolute atomic E-state index is 0.0911. The quantitative estimate of drug-likeness (QED) is 0.364. The molecule has 1 aromatic carbocycles. The molecule has 4 aliphatic rings. The van der Waals surface area contributed by atoms with Crippen LogP contribution < -0.4 is 15.5 Å². The molecule has 4 aliphatic heterocycles. The van der Waals surface area contributed by atoms with Gasteiger partial charge >= 0.3 is 6.61 Å². The number of hydrogen-bond acceptors (Lipinski definition) is 10. The molecule has 2 fully saturated rings. The van der Waals surface area contributed by atoms with Crippen molar-refractivity contribution in [2.24, 2.45) is 10.9 Å². The number of thioether (sulfide) groups is 1. The molecule has 1 aromatic heterocycles. The normalized spacial score (nSPS) is 18.6. The molecule has 0 unspecified atom stereocenters. The number of allylic oxidation sites excluding steroid dienone is 1. The number of rotatable bonds is 10. The fraction of sp³-hybridized carbons (Fsp3) is 0.469. The summed E-state index contributed by atoms with van der Waals surface area (Å²) in [5, 5.41) is 9.16. The maximum Gasteiger partial charge on any atom is 0.387 e. The standard InChI is InChI=1S/C32H39F2N9O4S/c1-21(44)40-14-12-39(13-15-40)18-22-6-10-41(11-7-22)28(45)20-42-19-26(37-31(46)25-17-36-43-9-3-8-35-30(25)43)29(38-42)24-16-23(48-2)4-5-27(24)47-32(33)34/h3-5,8-9,16,19,22,32,36H,6-7,10-15,17-18,20H2,1-2H3,(H,37,46). The molecule has 13 nitrogen and oxygen atoms in total. The van der Waals surface area contributed by atoms with Crippen LogP contribution in [0.1, 0.15) is 19.8 Å². The van der Waals surface area contributed by atoms with E-state index in [-0.39, 0.29) is 47.6 Å². The maximum absolute atomic E-state index is 13.5. The third kappa shape index (κ3) is 7.71. The summed E-state index contributed by atoms with van der Waals surface area (Å²) in [6.07, 6.45) is 10.2. The molecule has 0 atom stereocenters. The molecule has 48 heavy (non-hydrogen) atoms. The molecule has 0 spiro atoms. The largest absolute Gasteiger partial charge is 0.434 e. The highest BCUT2D eigenvalue weighted by molar-refractivity contribution is 7.98. The van der Waals surface area contributed by atoms with E-state index in [4.69, 9.17) is 4.74 Å². The van der Waals surface area contributed by atoms with Crippen molar-refractivity contribution in [2.45, 2.75) is 37.8 Å². The predicted molar refractivity (Wildman–Crippen MR) is 177 cm³/mol. The third-order valence-corrected chi connectivity index (χ3v) is 9.71. The number of anilines is 1. The first-order chi connectivity index (χ1) is 23.2. The summed E-state index contributed by atoms with van der Waals surface area (Å²) in [4.78, 5) is 49.8. The molecule has 2 saturated heterocycles. The third-order valence-electron chi connectivity index (χ3n) is 8.98. The number of fused-ring (bicyclic) bond motifs is 1. The Kier molecular flexibility index (Phi) is 10.4. The molecule has 0 saturated carbocycles. The summed E-state index contributed by atoms with van der Waals surface area (Å²) in [7, 11) is 0. The van der Waals surface area contributed by atoms with E-state index in [1.54, 1.807) is 48.8 Å². The van der Waals surface area contributed by atoms with E-state index in [1.807, 2.05) is 16.1 Å². The Morgan fingerprint density at radius 3 is 2.58 bits per heavy atom. The van der Waals surface area contributed by atoms with Crippen LogP contribution in [0.4, 0.5) is 14.5 Å². The number of nitrogens with one attached hydrogen (secondary N) is 2. The van der Waals surface area contributed by atoms with Crippen LogP contribution in [0, 0.1) is 5.92 Å². The van der Waals surface area contributed by atoms with Gasteiger partial charge in [-0.05, 0) is 49.3 Å². The van der Waals surface area contributed by atoms with E-state index in [0.717, 1.165) is 50.5 Å². The monoisotopic (exact) mass is 683 g/mol. The number of hydrogen-bond donors (Lipinski definition) is 2. The molecule has 2 N–H and O–H groups in total. The van der Waals surface area contributed by atoms with Gasteiger partial charge in [0.05, 0.1) is 11.3 Å². The Labute approximate surface area is 281 Å². The fourth-order valence-electron chi connectivity index (χ4n) is 6.37. The minimum Gasteiger partial charge on any atom is -0.434 e. The van der Waals surface area contributed by atoms with Gasteiger partial charge in [-0.25, -0.2) is 10.4 Å². The first-order valence-electron chi connectivity index (χ1n) is 15.9. The molecule has 16 heteroatoms. The lowest BCUT2D eigenvalue weighted by Crippen LogP contribution is -2.50. The number of nitrogens with zero attached hydrogens (tertiary/aromatic N) is 7. The number of amides is 3. The van der Waals surface area contributed by atoms with Gasteiger partial charge in [0.25, 0.3) is 5.91 Å². The summed E-state index contributed by atoms with van der Waals surface area (Å²) in [6, 6.07) is 4.79. The molecule has 5 heterocycles. The number of carbonyl (C=O) groups excluding carboxylic acids is 3. The number of alkyl halides is 2. The van der Waals surface area contributed by atoms with Gasteiger partial charge < -0.3 is 19.9 Å². The zero-order valence-electron chi connectivity index (χ0n) is 26.9. The predicted octanol–water partition coefficient (Wildman–Crippen LogP) is 2.84. The highest BCUT2D eigenvalue weighted by Gasteiger charge is 2.30. The fourth-order valence-corrected chi connectivity index (χ4v) is 6.81. The van der Waals surface area contributed by atoms with Crippen molar-refractivity contribution < 1.29 is 27.9 Å². The molecule has 2 aromatic rings. The van der Waals surface area contributed by atoms with Crippen LogP contribution >= 0.6 is 11.8 Å². The van der Waals surface area contributed by atoms with E-state index in [9.17, 15) is 23.2 Å². The number of carbonyl (C=O) groups is 3. The average molecular weight is 684 g/mol. The lowest BCUT2D eigenvalue weighted by molar-refractivity contribution is -0.133. The molecule has 0 radical (unpaired) electrons. The van der Waals surface area contributed by atoms with Gasteiger partial charge in [-0.2, -0.15) is 13.9 Å². The lowest BCUT2D eigenvalue weighted by atomic mass is 9.96. The van der Waals surface area contributed by atoms with Gasteiger partial charge in [0, 0.05) is 88.4 Å². The Bertz CT molecular complexity index is 1630. The van der Waals surface area contributed by atoms with Crippen LogP contribution in [-0.4, -0.2) is 119 Å². The second-order valence-electron chi connectivity index (χ2n) is 12.0. The number of hydrazine groups is 1. The molecule has 3 amide bonds. The van der Waals surface area contributed by atoms with Crippen molar-refractivity contribution in [1.82, 2.24) is 34.9 Å². The van der Waals surface area contributed by atoms with Gasteiger partial charge in [-0.15, -0.1) is 11.8 Å². The summed E-state index contributed by atoms with van der Waals surface area (Å²) in [5.74, 6) is 0.364. The molecule has 0 bridgehead atoms. The van der Waals surface area contributed by atoms with E-state index in [0.29, 0.717) is 30.4 Å². The smallest absolute Gasteiger partial charge is 0.387 e. The van der Waals surface area contributed by atoms with Crippen LogP contribution in [0.25, 0.3) is 11.3 Å². The zero-order chi connectivity index (χ0) is 33.8. The first kappa shape index (κ1) is 33.6. The van der Waals surface area contributed by atoms with Crippen molar-refractivity contribution in [3.8, 4) is 17.0 Å². The number of aromatic nitrogens is 2. The van der Waals surface area contributed by atoms with Crippen molar-refractivity contribution in [3.63, 3.8) is 0 Å². The Balaban J connectivity index is 1.17. The van der Waals surface area contributed by atoms with Gasteiger partial charge in [0.1, 0.15) is 18.0 Å². The number of aliphatic imine (C=N–C) groups is 1. The Morgan fingerprint density at radius 2 is 1.88 bits per heavy atom. The van der Waals surface area contributed by atoms with E-state index < -0.39 is 12.5 Å². The van der Waals surface area contributed by atoms with Gasteiger partial charge in [-0.3, -0.25) is 29.0 Å². The Morgan fingerprint density at radius 1 is 1.10 bits per heavy atom. The van der Waals surface area contributed by atoms with Gasteiger partial charge in [-0.1, -0.05) is 0 Å². The SMILES string of the molecule is CSc1ccc(OC(F)F)c(-c2nn(CC(=O)N3CCC(CN4CCN(C(C)=O)CC4)CC3)cc2NC(=O)C2=C3N=CC=CN3NC2)c1. The van der Waals surface area contributed by atoms with Crippen molar-refractivity contribution in [3.05, 3.63) is 48.1 Å². The summed E-state index contributed by atoms with van der Waals surface area (Å²) >= 11 is 1.42. The second-order valence-corrected chi connectivity index (χ2v) is 12.9. The minimum atomic E-state index is -3.07. The number of piperidine rings is 1. The molecular formula is C32H39F2N9O4S. The summed E-state index contributed by atoms with van der Waals surface area (Å²) in [5.41, 5.74) is 4.16. The molecule has 0 aliphatic carbocycles. The highest BCUT2D eigenvalue weighted by Crippen LogP contribution is 2.38. The lowest BCUT2D eigenvalue weighted by Gasteiger charge is -2.38. The van der Waals surface area contributed by atoms with E-state index >= 15 is 0 Å². The first-order valence-corrected chi connectivity index (χ1v) is 17.2. The van der Waals surface area contributed by atoms with E-state index in [2.05, 4.69) is 25.7 Å². The number of halogens is 2. The van der Waals surface area contributed by atoms with Crippen LogP contribution in [0.15, 0.2) is 58.0 Å². The second kappa shape index (κ2) is 14.9. The number of benzene rings is 1. The average Bonchev–Trinajstić information content (AvgIpc) is 3.69. The summed E-state index contributed by atoms with van der Waals surface area (Å²) in [6.45, 7) is 4.08. The van der Waals surface area contributed by atoms with Crippen LogP contribution in [0.5, 0.6) is 5.75 Å². The Hall–Kier alpha value is -4.28. The van der Waals surface area contributed by atoms with Crippen LogP contribution in [0.3, 0.4) is 0 Å². The molecule has 256 valence electrons. The van der Waals surface area contributed by atoms with Crippen LogP contribution in [0.2, 0.25) is 0 Å². The van der Waals surface area contributed by atoms with Crippen molar-refractivity contribution in [1.29, 1.82) is 0 Å². The molecule has 6 rings (SSSR count). The number of ether oxygens (including phenoxy) is 1. The van der Waals surface area contributed by atoms with E-state index in [1.165, 1.54) is 22.5 Å². The van der Waals surface area contributed by atoms with Crippen molar-refractivity contribution in [2.75, 3.05) is 63.9 Å². The zero-order valence-corrected chi connectivity index (χ0v) is 27.7. The van der Waals surface area contributed by atoms with Crippen molar-refractivity contribution >= 4 is 41.4 Å². The van der Waals surface area contributed by atoms with Gasteiger partial charge in [0.2, 0.25) is 11.8 Å². The molecular weight excluding hydrogens is 644 g/mol. The van der Waals surface area contributed by atoms with Crippen LogP contribution in [-0.2, 0) is 20.9 Å². The highest BCUT2D eigenvalue weighted by atomic mass is 32.2. The van der Waals surface area contributed by atoms with Gasteiger partial charge in [0.15, 0.2) is 5.82 Å². The number of likely N-dealkylation sites (tertiary alicyclic amines) is 1. The topological polar surface area (TPSA) is 128 Å². The number of piperazine rings is 1.